The normalized spacial score (nSPS) is 15.7. The van der Waals surface area contributed by atoms with E-state index in [-0.39, 0.29) is 5.91 Å². The van der Waals surface area contributed by atoms with Crippen molar-refractivity contribution in [2.45, 2.75) is 6.92 Å². The zero-order valence-electron chi connectivity index (χ0n) is 11.4. The predicted molar refractivity (Wildman–Crippen MR) is 74.5 cm³/mol. The summed E-state index contributed by atoms with van der Waals surface area (Å²) in [7, 11) is 0. The lowest BCUT2D eigenvalue weighted by Crippen LogP contribution is -2.48. The number of carbonyl (C=O) groups is 1. The van der Waals surface area contributed by atoms with Gasteiger partial charge >= 0.3 is 0 Å². The summed E-state index contributed by atoms with van der Waals surface area (Å²) < 4.78 is 1.80. The highest BCUT2D eigenvalue weighted by atomic mass is 16.2. The van der Waals surface area contributed by atoms with E-state index < -0.39 is 0 Å². The third-order valence-electron chi connectivity index (χ3n) is 3.43. The first kappa shape index (κ1) is 12.6. The van der Waals surface area contributed by atoms with Crippen LogP contribution in [0.1, 0.15) is 5.82 Å². The molecule has 0 spiro atoms. The maximum atomic E-state index is 11.6. The van der Waals surface area contributed by atoms with Crippen LogP contribution in [-0.4, -0.2) is 56.6 Å². The van der Waals surface area contributed by atoms with Gasteiger partial charge in [-0.1, -0.05) is 6.58 Å². The van der Waals surface area contributed by atoms with E-state index in [9.17, 15) is 4.79 Å². The molecule has 1 aliphatic rings. The summed E-state index contributed by atoms with van der Waals surface area (Å²) in [4.78, 5) is 24.1. The molecule has 0 N–H and O–H groups in total. The molecule has 0 bridgehead atoms. The standard InChI is InChI=1S/C13H16N6O/c1-3-13(20)18-6-4-17(5-7-18)12-9-14-8-11-15-10(2)16-19(11)12/h3,8-9H,1,4-7H2,2H3. The van der Waals surface area contributed by atoms with Crippen LogP contribution >= 0.6 is 0 Å². The van der Waals surface area contributed by atoms with Crippen molar-refractivity contribution in [2.24, 2.45) is 0 Å². The molecule has 0 radical (unpaired) electrons. The molecule has 7 heteroatoms. The fourth-order valence-corrected chi connectivity index (χ4v) is 2.41. The smallest absolute Gasteiger partial charge is 0.246 e. The lowest BCUT2D eigenvalue weighted by atomic mass is 10.3. The maximum absolute atomic E-state index is 11.6. The number of amides is 1. The average molecular weight is 272 g/mol. The van der Waals surface area contributed by atoms with Gasteiger partial charge in [-0.3, -0.25) is 9.78 Å². The van der Waals surface area contributed by atoms with Gasteiger partial charge in [0.2, 0.25) is 5.91 Å². The molecule has 0 saturated carbocycles. The summed E-state index contributed by atoms with van der Waals surface area (Å²) in [5.41, 5.74) is 0.740. The first-order valence-corrected chi connectivity index (χ1v) is 6.52. The average Bonchev–Trinajstić information content (AvgIpc) is 2.86. The molecule has 3 rings (SSSR count). The van der Waals surface area contributed by atoms with Gasteiger partial charge in [-0.2, -0.15) is 4.52 Å². The van der Waals surface area contributed by atoms with Gasteiger partial charge in [0, 0.05) is 26.2 Å². The largest absolute Gasteiger partial charge is 0.352 e. The van der Waals surface area contributed by atoms with E-state index in [1.165, 1.54) is 6.08 Å². The maximum Gasteiger partial charge on any atom is 0.246 e. The number of aryl methyl sites for hydroxylation is 1. The zero-order chi connectivity index (χ0) is 14.1. The molecule has 7 nitrogen and oxygen atoms in total. The van der Waals surface area contributed by atoms with Gasteiger partial charge in [-0.15, -0.1) is 5.10 Å². The first-order chi connectivity index (χ1) is 9.69. The number of hydrogen-bond donors (Lipinski definition) is 0. The number of piperazine rings is 1. The summed E-state index contributed by atoms with van der Waals surface area (Å²) in [6.07, 6.45) is 4.84. The summed E-state index contributed by atoms with van der Waals surface area (Å²) in [5.74, 6) is 1.62. The Hall–Kier alpha value is -2.44. The van der Waals surface area contributed by atoms with E-state index in [2.05, 4.69) is 26.5 Å². The van der Waals surface area contributed by atoms with E-state index in [1.54, 1.807) is 21.8 Å². The highest BCUT2D eigenvalue weighted by Crippen LogP contribution is 2.16. The minimum atomic E-state index is -0.0161. The van der Waals surface area contributed by atoms with Gasteiger partial charge in [0.05, 0.1) is 12.4 Å². The second-order valence-corrected chi connectivity index (χ2v) is 4.71. The van der Waals surface area contributed by atoms with Crippen LogP contribution in [0.4, 0.5) is 5.82 Å². The first-order valence-electron chi connectivity index (χ1n) is 6.52. The third-order valence-corrected chi connectivity index (χ3v) is 3.43. The highest BCUT2D eigenvalue weighted by molar-refractivity contribution is 5.87. The second kappa shape index (κ2) is 4.92. The lowest BCUT2D eigenvalue weighted by Gasteiger charge is -2.35. The van der Waals surface area contributed by atoms with Gasteiger partial charge in [0.15, 0.2) is 11.5 Å². The quantitative estimate of drug-likeness (QED) is 0.734. The molecule has 1 saturated heterocycles. The molecule has 1 aliphatic heterocycles. The van der Waals surface area contributed by atoms with Crippen molar-refractivity contribution in [3.8, 4) is 0 Å². The Morgan fingerprint density at radius 1 is 1.30 bits per heavy atom. The number of carbonyl (C=O) groups excluding carboxylic acids is 1. The van der Waals surface area contributed by atoms with Crippen LogP contribution in [0.2, 0.25) is 0 Å². The minimum Gasteiger partial charge on any atom is -0.352 e. The van der Waals surface area contributed by atoms with Crippen molar-refractivity contribution >= 4 is 17.4 Å². The fraction of sp³-hybridized carbons (Fsp3) is 0.385. The van der Waals surface area contributed by atoms with Crippen molar-refractivity contribution in [3.05, 3.63) is 30.9 Å². The van der Waals surface area contributed by atoms with Crippen LogP contribution in [-0.2, 0) is 4.79 Å². The van der Waals surface area contributed by atoms with Crippen LogP contribution in [0.5, 0.6) is 0 Å². The molecular formula is C13H16N6O. The summed E-state index contributed by atoms with van der Waals surface area (Å²) in [5, 5.41) is 4.39. The van der Waals surface area contributed by atoms with Crippen LogP contribution in [0.3, 0.4) is 0 Å². The molecule has 1 amide bonds. The Balaban J connectivity index is 1.83. The molecule has 0 aliphatic carbocycles. The summed E-state index contributed by atoms with van der Waals surface area (Å²) >= 11 is 0. The number of aromatic nitrogens is 4. The fourth-order valence-electron chi connectivity index (χ4n) is 2.41. The molecule has 0 unspecified atom stereocenters. The molecule has 104 valence electrons. The van der Waals surface area contributed by atoms with Gasteiger partial charge in [-0.05, 0) is 13.0 Å². The number of anilines is 1. The molecule has 2 aromatic rings. The molecular weight excluding hydrogens is 256 g/mol. The van der Waals surface area contributed by atoms with Crippen molar-refractivity contribution in [1.29, 1.82) is 0 Å². The molecule has 20 heavy (non-hydrogen) atoms. The Labute approximate surface area is 116 Å². The monoisotopic (exact) mass is 272 g/mol. The molecule has 1 fully saturated rings. The topological polar surface area (TPSA) is 66.6 Å². The van der Waals surface area contributed by atoms with Crippen LogP contribution in [0.25, 0.3) is 5.65 Å². The number of fused-ring (bicyclic) bond motifs is 1. The van der Waals surface area contributed by atoms with Gasteiger partial charge < -0.3 is 9.80 Å². The van der Waals surface area contributed by atoms with Gasteiger partial charge in [-0.25, -0.2) is 4.98 Å². The molecule has 0 aromatic carbocycles. The van der Waals surface area contributed by atoms with E-state index in [4.69, 9.17) is 0 Å². The zero-order valence-corrected chi connectivity index (χ0v) is 11.4. The van der Waals surface area contributed by atoms with Gasteiger partial charge in [0.25, 0.3) is 0 Å². The van der Waals surface area contributed by atoms with E-state index in [0.717, 1.165) is 30.4 Å². The number of hydrogen-bond acceptors (Lipinski definition) is 5. The summed E-state index contributed by atoms with van der Waals surface area (Å²) in [6, 6.07) is 0. The third kappa shape index (κ3) is 2.11. The summed E-state index contributed by atoms with van der Waals surface area (Å²) in [6.45, 7) is 8.23. The van der Waals surface area contributed by atoms with Crippen molar-refractivity contribution in [1.82, 2.24) is 24.5 Å². The van der Waals surface area contributed by atoms with Crippen LogP contribution in [0, 0.1) is 6.92 Å². The molecule has 0 atom stereocenters. The molecule has 3 heterocycles. The van der Waals surface area contributed by atoms with Gasteiger partial charge in [0.1, 0.15) is 5.82 Å². The SMILES string of the molecule is C=CC(=O)N1CCN(c2cncc3nc(C)nn23)CC1. The Bertz CT molecular complexity index is 656. The highest BCUT2D eigenvalue weighted by Gasteiger charge is 2.21. The van der Waals surface area contributed by atoms with Crippen LogP contribution < -0.4 is 4.90 Å². The van der Waals surface area contributed by atoms with E-state index in [1.807, 2.05) is 6.92 Å². The number of nitrogens with zero attached hydrogens (tertiary/aromatic N) is 6. The van der Waals surface area contributed by atoms with E-state index >= 15 is 0 Å². The van der Waals surface area contributed by atoms with Crippen molar-refractivity contribution in [3.63, 3.8) is 0 Å². The van der Waals surface area contributed by atoms with Crippen LogP contribution in [0.15, 0.2) is 25.0 Å². The molecule has 2 aromatic heterocycles. The second-order valence-electron chi connectivity index (χ2n) is 4.71. The van der Waals surface area contributed by atoms with E-state index in [0.29, 0.717) is 13.1 Å². The minimum absolute atomic E-state index is 0.0161. The Kier molecular flexibility index (Phi) is 3.09. The predicted octanol–water partition coefficient (Wildman–Crippen LogP) is 0.267. The number of rotatable bonds is 2. The Morgan fingerprint density at radius 3 is 2.75 bits per heavy atom. The lowest BCUT2D eigenvalue weighted by molar-refractivity contribution is -0.126. The van der Waals surface area contributed by atoms with Crippen molar-refractivity contribution < 1.29 is 4.79 Å². The Morgan fingerprint density at radius 2 is 2.05 bits per heavy atom. The van der Waals surface area contributed by atoms with Crippen molar-refractivity contribution in [2.75, 3.05) is 31.1 Å².